The van der Waals surface area contributed by atoms with Crippen LogP contribution in [0.4, 0.5) is 15.8 Å². The quantitative estimate of drug-likeness (QED) is 0.680. The van der Waals surface area contributed by atoms with E-state index in [1.165, 1.54) is 18.2 Å². The summed E-state index contributed by atoms with van der Waals surface area (Å²) in [6, 6.07) is 10.4. The summed E-state index contributed by atoms with van der Waals surface area (Å²) in [5.74, 6) is -0.436. The number of rotatable bonds is 4. The largest absolute Gasteiger partial charge is 0.379 e. The Morgan fingerprint density at radius 2 is 1.89 bits per heavy atom. The number of nitrogens with zero attached hydrogens (tertiary/aromatic N) is 1. The second kappa shape index (κ2) is 5.67. The molecule has 0 aliphatic carbocycles. The molecule has 98 valence electrons. The average molecular weight is 281 g/mol. The first-order valence-corrected chi connectivity index (χ1v) is 5.86. The SMILES string of the molecule is O=[N+]([O-])c1ccc(CNc2ccc(Cl)cc2F)cc1. The van der Waals surface area contributed by atoms with E-state index >= 15 is 0 Å². The lowest BCUT2D eigenvalue weighted by molar-refractivity contribution is -0.384. The van der Waals surface area contributed by atoms with Crippen LogP contribution in [0.25, 0.3) is 0 Å². The molecule has 0 bridgehead atoms. The number of benzene rings is 2. The summed E-state index contributed by atoms with van der Waals surface area (Å²) in [5.41, 5.74) is 1.18. The number of non-ortho nitro benzene ring substituents is 1. The molecule has 0 spiro atoms. The van der Waals surface area contributed by atoms with Crippen LogP contribution in [-0.2, 0) is 6.54 Å². The maximum atomic E-state index is 13.5. The van der Waals surface area contributed by atoms with Crippen molar-refractivity contribution >= 4 is 23.0 Å². The molecule has 0 aliphatic rings. The molecular formula is C13H10ClFN2O2. The fraction of sp³-hybridized carbons (Fsp3) is 0.0769. The van der Waals surface area contributed by atoms with Gasteiger partial charge in [-0.25, -0.2) is 4.39 Å². The van der Waals surface area contributed by atoms with Gasteiger partial charge in [-0.2, -0.15) is 0 Å². The van der Waals surface area contributed by atoms with Gasteiger partial charge in [-0.3, -0.25) is 10.1 Å². The molecule has 0 radical (unpaired) electrons. The van der Waals surface area contributed by atoms with Crippen molar-refractivity contribution in [2.75, 3.05) is 5.32 Å². The maximum Gasteiger partial charge on any atom is 0.269 e. The van der Waals surface area contributed by atoms with Crippen molar-refractivity contribution in [3.63, 3.8) is 0 Å². The van der Waals surface area contributed by atoms with Crippen LogP contribution in [0.5, 0.6) is 0 Å². The van der Waals surface area contributed by atoms with Gasteiger partial charge in [-0.15, -0.1) is 0 Å². The van der Waals surface area contributed by atoms with Crippen LogP contribution >= 0.6 is 11.6 Å². The molecule has 0 amide bonds. The number of anilines is 1. The highest BCUT2D eigenvalue weighted by atomic mass is 35.5. The van der Waals surface area contributed by atoms with E-state index in [1.807, 2.05) is 0 Å². The Labute approximate surface area is 114 Å². The molecule has 4 nitrogen and oxygen atoms in total. The third kappa shape index (κ3) is 3.42. The summed E-state index contributed by atoms with van der Waals surface area (Å²) in [7, 11) is 0. The molecular weight excluding hydrogens is 271 g/mol. The smallest absolute Gasteiger partial charge is 0.269 e. The van der Waals surface area contributed by atoms with E-state index in [1.54, 1.807) is 24.3 Å². The Hall–Kier alpha value is -2.14. The van der Waals surface area contributed by atoms with E-state index in [9.17, 15) is 14.5 Å². The molecule has 0 saturated heterocycles. The average Bonchev–Trinajstić information content (AvgIpc) is 2.38. The zero-order valence-corrected chi connectivity index (χ0v) is 10.5. The lowest BCUT2D eigenvalue weighted by atomic mass is 10.2. The van der Waals surface area contributed by atoms with E-state index < -0.39 is 10.7 Å². The van der Waals surface area contributed by atoms with Gasteiger partial charge in [0, 0.05) is 23.7 Å². The monoisotopic (exact) mass is 280 g/mol. The Morgan fingerprint density at radius 1 is 1.21 bits per heavy atom. The first-order valence-electron chi connectivity index (χ1n) is 5.48. The topological polar surface area (TPSA) is 55.2 Å². The van der Waals surface area contributed by atoms with Crippen LogP contribution in [0.15, 0.2) is 42.5 Å². The molecule has 0 heterocycles. The summed E-state index contributed by atoms with van der Waals surface area (Å²) >= 11 is 5.65. The normalized spacial score (nSPS) is 10.2. The van der Waals surface area contributed by atoms with Crippen LogP contribution in [0.1, 0.15) is 5.56 Å². The highest BCUT2D eigenvalue weighted by Crippen LogP contribution is 2.20. The second-order valence-corrected chi connectivity index (χ2v) is 4.34. The van der Waals surface area contributed by atoms with Gasteiger partial charge in [0.2, 0.25) is 0 Å². The first kappa shape index (κ1) is 13.3. The Kier molecular flexibility index (Phi) is 3.97. The fourth-order valence-corrected chi connectivity index (χ4v) is 1.72. The molecule has 0 atom stereocenters. The minimum absolute atomic E-state index is 0.0291. The van der Waals surface area contributed by atoms with Gasteiger partial charge in [0.25, 0.3) is 5.69 Å². The van der Waals surface area contributed by atoms with E-state index in [0.717, 1.165) is 5.56 Å². The number of hydrogen-bond donors (Lipinski definition) is 1. The number of hydrogen-bond acceptors (Lipinski definition) is 3. The number of nitro benzene ring substituents is 1. The van der Waals surface area contributed by atoms with Crippen LogP contribution in [0.3, 0.4) is 0 Å². The number of nitrogens with one attached hydrogen (secondary N) is 1. The molecule has 1 N–H and O–H groups in total. The molecule has 2 rings (SSSR count). The molecule has 19 heavy (non-hydrogen) atoms. The lowest BCUT2D eigenvalue weighted by Gasteiger charge is -2.07. The zero-order chi connectivity index (χ0) is 13.8. The summed E-state index contributed by atoms with van der Waals surface area (Å²) in [6.45, 7) is 0.372. The molecule has 2 aromatic rings. The van der Waals surface area contributed by atoms with Crippen molar-refractivity contribution < 1.29 is 9.31 Å². The van der Waals surface area contributed by atoms with Crippen LogP contribution < -0.4 is 5.32 Å². The lowest BCUT2D eigenvalue weighted by Crippen LogP contribution is -2.01. The Bertz CT molecular complexity index is 602. The van der Waals surface area contributed by atoms with Crippen LogP contribution in [0, 0.1) is 15.9 Å². The second-order valence-electron chi connectivity index (χ2n) is 3.90. The zero-order valence-electron chi connectivity index (χ0n) is 9.77. The van der Waals surface area contributed by atoms with Gasteiger partial charge in [-0.05, 0) is 23.8 Å². The van der Waals surface area contributed by atoms with E-state index in [-0.39, 0.29) is 5.69 Å². The van der Waals surface area contributed by atoms with Crippen molar-refractivity contribution in [3.05, 3.63) is 69.0 Å². The number of nitro groups is 1. The van der Waals surface area contributed by atoms with Gasteiger partial charge in [0.1, 0.15) is 5.82 Å². The third-order valence-electron chi connectivity index (χ3n) is 2.56. The van der Waals surface area contributed by atoms with Gasteiger partial charge < -0.3 is 5.32 Å². The molecule has 0 aromatic heterocycles. The highest BCUT2D eigenvalue weighted by molar-refractivity contribution is 6.30. The molecule has 0 aliphatic heterocycles. The van der Waals surface area contributed by atoms with Gasteiger partial charge in [0.05, 0.1) is 10.6 Å². The Balaban J connectivity index is 2.04. The highest BCUT2D eigenvalue weighted by Gasteiger charge is 2.05. The standard InChI is InChI=1S/C13H10ClFN2O2/c14-10-3-6-13(12(15)7-10)16-8-9-1-4-11(5-2-9)17(18)19/h1-7,16H,8H2. The van der Waals surface area contributed by atoms with Crippen molar-refractivity contribution in [3.8, 4) is 0 Å². The minimum Gasteiger partial charge on any atom is -0.379 e. The maximum absolute atomic E-state index is 13.5. The van der Waals surface area contributed by atoms with Crippen LogP contribution in [-0.4, -0.2) is 4.92 Å². The summed E-state index contributed by atoms with van der Waals surface area (Å²) in [4.78, 5) is 10.0. The van der Waals surface area contributed by atoms with Crippen molar-refractivity contribution in [2.45, 2.75) is 6.54 Å². The van der Waals surface area contributed by atoms with E-state index in [4.69, 9.17) is 11.6 Å². The number of halogens is 2. The third-order valence-corrected chi connectivity index (χ3v) is 2.80. The summed E-state index contributed by atoms with van der Waals surface area (Å²) in [6.07, 6.45) is 0. The van der Waals surface area contributed by atoms with Gasteiger partial charge in [0.15, 0.2) is 0 Å². The van der Waals surface area contributed by atoms with Crippen LogP contribution in [0.2, 0.25) is 5.02 Å². The van der Waals surface area contributed by atoms with E-state index in [2.05, 4.69) is 5.32 Å². The Morgan fingerprint density at radius 3 is 2.47 bits per heavy atom. The minimum atomic E-state index is -0.462. The van der Waals surface area contributed by atoms with Gasteiger partial charge in [-0.1, -0.05) is 23.7 Å². The van der Waals surface area contributed by atoms with Crippen molar-refractivity contribution in [1.29, 1.82) is 0 Å². The summed E-state index contributed by atoms with van der Waals surface area (Å²) < 4.78 is 13.5. The molecule has 2 aromatic carbocycles. The first-order chi connectivity index (χ1) is 9.06. The van der Waals surface area contributed by atoms with Crippen molar-refractivity contribution in [2.24, 2.45) is 0 Å². The predicted molar refractivity (Wildman–Crippen MR) is 71.8 cm³/mol. The molecule has 0 fully saturated rings. The van der Waals surface area contributed by atoms with Crippen molar-refractivity contribution in [1.82, 2.24) is 0 Å². The molecule has 0 saturated carbocycles. The van der Waals surface area contributed by atoms with E-state index in [0.29, 0.717) is 17.3 Å². The summed E-state index contributed by atoms with van der Waals surface area (Å²) in [5, 5.41) is 13.7. The fourth-order valence-electron chi connectivity index (χ4n) is 1.57. The predicted octanol–water partition coefficient (Wildman–Crippen LogP) is 4.00. The molecule has 0 unspecified atom stereocenters. The van der Waals surface area contributed by atoms with Gasteiger partial charge >= 0.3 is 0 Å². The molecule has 6 heteroatoms.